The molecular weight excluding hydrogens is 500 g/mol. The second-order valence-corrected chi connectivity index (χ2v) is 9.51. The predicted octanol–water partition coefficient (Wildman–Crippen LogP) is 4.93. The Morgan fingerprint density at radius 2 is 1.55 bits per heavy atom. The summed E-state index contributed by atoms with van der Waals surface area (Å²) < 4.78 is 27.1. The van der Waals surface area contributed by atoms with Gasteiger partial charge >= 0.3 is 0 Å². The lowest BCUT2D eigenvalue weighted by atomic mass is 10.1. The summed E-state index contributed by atoms with van der Waals surface area (Å²) in [5, 5.41) is 6.15. The van der Waals surface area contributed by atoms with Crippen molar-refractivity contribution in [1.82, 2.24) is 5.32 Å². The monoisotopic (exact) mass is 530 g/mol. The minimum atomic E-state index is -1.58. The van der Waals surface area contributed by atoms with Crippen LogP contribution in [0.5, 0.6) is 11.5 Å². The molecule has 9 heteroatoms. The fraction of sp³-hybridized carbons (Fsp3) is 0.138. The average molecular weight is 531 g/mol. The Kier molecular flexibility index (Phi) is 8.97. The molecule has 1 atom stereocenters. The largest absolute Gasteiger partial charge is 0.588 e. The van der Waals surface area contributed by atoms with Gasteiger partial charge in [-0.05, 0) is 59.7 Å². The third kappa shape index (κ3) is 6.70. The number of rotatable bonds is 11. The summed E-state index contributed by atoms with van der Waals surface area (Å²) in [6, 6.07) is 27.6. The Balaban J connectivity index is 1.37. The number of nitrogens with one attached hydrogen (secondary N) is 3. The lowest BCUT2D eigenvalue weighted by Crippen LogP contribution is -2.29. The second kappa shape index (κ2) is 12.8. The fourth-order valence-corrected chi connectivity index (χ4v) is 4.90. The summed E-state index contributed by atoms with van der Waals surface area (Å²) in [4.78, 5) is 13.0. The van der Waals surface area contributed by atoms with Crippen LogP contribution in [0.4, 0.5) is 17.1 Å². The van der Waals surface area contributed by atoms with Crippen molar-refractivity contribution in [2.24, 2.45) is 0 Å². The Labute approximate surface area is 225 Å². The lowest BCUT2D eigenvalue weighted by molar-refractivity contribution is 0.0952. The van der Waals surface area contributed by atoms with Gasteiger partial charge in [0.2, 0.25) is 4.90 Å². The van der Waals surface area contributed by atoms with E-state index in [-0.39, 0.29) is 5.91 Å². The van der Waals surface area contributed by atoms with Crippen molar-refractivity contribution in [1.29, 1.82) is 0 Å². The number of hydrogen-bond acceptors (Lipinski definition) is 7. The maximum absolute atomic E-state index is 13.3. The third-order valence-corrected chi connectivity index (χ3v) is 6.89. The van der Waals surface area contributed by atoms with Crippen LogP contribution < -0.4 is 30.6 Å². The summed E-state index contributed by atoms with van der Waals surface area (Å²) in [6.45, 7) is 0.915. The number of benzene rings is 4. The molecule has 38 heavy (non-hydrogen) atoms. The first-order valence-electron chi connectivity index (χ1n) is 12.0. The molecule has 0 heterocycles. The van der Waals surface area contributed by atoms with Gasteiger partial charge in [0.15, 0.2) is 5.75 Å². The molecule has 4 aromatic carbocycles. The number of methoxy groups -OCH3 is 2. The maximum Gasteiger partial charge on any atom is 0.255 e. The van der Waals surface area contributed by atoms with Crippen LogP contribution >= 0.6 is 0 Å². The molecule has 0 spiro atoms. The molecule has 4 rings (SSSR count). The third-order valence-electron chi connectivity index (χ3n) is 5.75. The standard InChI is InChI=1S/C29H30N4O4S/c1-36-26-12-4-3-11-25(26)29(34)32-16-15-31-23-9-6-10-24(19-23)33-38(35)28-18-21(13-14-27(28)37-2)20-7-5-8-22(30)17-20/h3-14,17-19,31,33H,15-16,30H2,1-2H3,(H,32,34). The molecule has 0 saturated heterocycles. The van der Waals surface area contributed by atoms with Gasteiger partial charge in [0.05, 0.1) is 25.5 Å². The van der Waals surface area contributed by atoms with Crippen LogP contribution in [0.1, 0.15) is 10.4 Å². The molecule has 0 aliphatic heterocycles. The van der Waals surface area contributed by atoms with Crippen molar-refractivity contribution in [2.75, 3.05) is 43.1 Å². The molecule has 1 amide bonds. The van der Waals surface area contributed by atoms with Gasteiger partial charge in [0.25, 0.3) is 5.91 Å². The second-order valence-electron chi connectivity index (χ2n) is 8.33. The van der Waals surface area contributed by atoms with Gasteiger partial charge in [-0.15, -0.1) is 0 Å². The minimum Gasteiger partial charge on any atom is -0.588 e. The molecule has 0 aliphatic carbocycles. The summed E-state index contributed by atoms with van der Waals surface area (Å²) in [5.41, 5.74) is 10.4. The van der Waals surface area contributed by atoms with Gasteiger partial charge in [-0.2, -0.15) is 0 Å². The van der Waals surface area contributed by atoms with E-state index in [1.165, 1.54) is 7.11 Å². The van der Waals surface area contributed by atoms with Gasteiger partial charge in [-0.1, -0.05) is 36.4 Å². The van der Waals surface area contributed by atoms with E-state index in [4.69, 9.17) is 15.2 Å². The first-order valence-corrected chi connectivity index (χ1v) is 13.1. The highest BCUT2D eigenvalue weighted by Gasteiger charge is 2.20. The van der Waals surface area contributed by atoms with Crippen molar-refractivity contribution in [3.63, 3.8) is 0 Å². The molecule has 0 aromatic heterocycles. The molecule has 0 aliphatic rings. The number of carbonyl (C=O) groups is 1. The SMILES string of the molecule is COc1ccccc1C(=O)NCCNc1cccc(N[S+]([O-])c2cc(-c3cccc(N)c3)ccc2OC)c1. The fourth-order valence-electron chi connectivity index (χ4n) is 3.88. The number of anilines is 3. The molecule has 0 fully saturated rings. The molecule has 8 nitrogen and oxygen atoms in total. The van der Waals surface area contributed by atoms with Crippen molar-refractivity contribution >= 4 is 34.3 Å². The van der Waals surface area contributed by atoms with Crippen LogP contribution in [0.2, 0.25) is 0 Å². The predicted molar refractivity (Wildman–Crippen MR) is 153 cm³/mol. The van der Waals surface area contributed by atoms with E-state index in [0.29, 0.717) is 46.4 Å². The highest BCUT2D eigenvalue weighted by molar-refractivity contribution is 7.92. The van der Waals surface area contributed by atoms with E-state index in [0.717, 1.165) is 16.8 Å². The van der Waals surface area contributed by atoms with Crippen molar-refractivity contribution < 1.29 is 18.8 Å². The number of nitrogens with two attached hydrogens (primary N) is 1. The Bertz CT molecular complexity index is 1400. The Morgan fingerprint density at radius 1 is 0.816 bits per heavy atom. The van der Waals surface area contributed by atoms with E-state index >= 15 is 0 Å². The molecule has 0 bridgehead atoms. The van der Waals surface area contributed by atoms with Crippen LogP contribution in [-0.2, 0) is 11.4 Å². The molecule has 4 aromatic rings. The minimum absolute atomic E-state index is 0.204. The quantitative estimate of drug-likeness (QED) is 0.123. The van der Waals surface area contributed by atoms with E-state index < -0.39 is 11.4 Å². The normalized spacial score (nSPS) is 11.3. The number of ether oxygens (including phenoxy) is 2. The first-order chi connectivity index (χ1) is 18.5. The van der Waals surface area contributed by atoms with Crippen LogP contribution in [-0.4, -0.2) is 37.8 Å². The number of para-hydroxylation sites is 1. The number of carbonyl (C=O) groups excluding carboxylic acids is 1. The molecule has 196 valence electrons. The van der Waals surface area contributed by atoms with Gasteiger partial charge in [0.1, 0.15) is 17.1 Å². The maximum atomic E-state index is 13.3. The zero-order chi connectivity index (χ0) is 26.9. The average Bonchev–Trinajstić information content (AvgIpc) is 2.95. The highest BCUT2D eigenvalue weighted by Crippen LogP contribution is 2.32. The van der Waals surface area contributed by atoms with Gasteiger partial charge < -0.3 is 30.4 Å². The van der Waals surface area contributed by atoms with E-state index in [1.807, 2.05) is 66.7 Å². The van der Waals surface area contributed by atoms with Crippen molar-refractivity contribution in [2.45, 2.75) is 4.90 Å². The Morgan fingerprint density at radius 3 is 2.34 bits per heavy atom. The lowest BCUT2D eigenvalue weighted by Gasteiger charge is -2.16. The van der Waals surface area contributed by atoms with Crippen LogP contribution in [0.15, 0.2) is 95.9 Å². The first kappa shape index (κ1) is 26.7. The van der Waals surface area contributed by atoms with Gasteiger partial charge in [-0.25, -0.2) is 4.72 Å². The highest BCUT2D eigenvalue weighted by atomic mass is 32.2. The zero-order valence-electron chi connectivity index (χ0n) is 21.2. The molecule has 1 unspecified atom stereocenters. The van der Waals surface area contributed by atoms with Crippen LogP contribution in [0.25, 0.3) is 11.1 Å². The molecule has 0 radical (unpaired) electrons. The van der Waals surface area contributed by atoms with Gasteiger partial charge in [0, 0.05) is 30.5 Å². The molecular formula is C29H30N4O4S. The van der Waals surface area contributed by atoms with Gasteiger partial charge in [-0.3, -0.25) is 4.79 Å². The topological polar surface area (TPSA) is 121 Å². The number of hydrogen-bond donors (Lipinski definition) is 4. The number of nitrogen functional groups attached to an aromatic ring is 1. The van der Waals surface area contributed by atoms with E-state index in [2.05, 4.69) is 15.4 Å². The Hall–Kier alpha value is -4.34. The van der Waals surface area contributed by atoms with E-state index in [9.17, 15) is 9.35 Å². The zero-order valence-corrected chi connectivity index (χ0v) is 22.0. The van der Waals surface area contributed by atoms with Crippen LogP contribution in [0.3, 0.4) is 0 Å². The molecule has 0 saturated carbocycles. The van der Waals surface area contributed by atoms with Crippen molar-refractivity contribution in [3.8, 4) is 22.6 Å². The van der Waals surface area contributed by atoms with Crippen LogP contribution in [0, 0.1) is 0 Å². The van der Waals surface area contributed by atoms with Crippen molar-refractivity contribution in [3.05, 3.63) is 96.6 Å². The summed E-state index contributed by atoms with van der Waals surface area (Å²) in [7, 11) is 3.08. The summed E-state index contributed by atoms with van der Waals surface area (Å²) >= 11 is -1.58. The van der Waals surface area contributed by atoms with E-state index in [1.54, 1.807) is 31.4 Å². The molecule has 5 N–H and O–H groups in total. The number of amides is 1. The summed E-state index contributed by atoms with van der Waals surface area (Å²) in [5.74, 6) is 0.841. The smallest absolute Gasteiger partial charge is 0.255 e. The summed E-state index contributed by atoms with van der Waals surface area (Å²) in [6.07, 6.45) is 0.